The Balaban J connectivity index is 2.14. The fraction of sp³-hybridized carbons (Fsp3) is 0.444. The van der Waals surface area contributed by atoms with Crippen LogP contribution in [-0.4, -0.2) is 57.3 Å². The van der Waals surface area contributed by atoms with Gasteiger partial charge in [-0.1, -0.05) is 26.0 Å². The Hall–Kier alpha value is -2.93. The summed E-state index contributed by atoms with van der Waals surface area (Å²) >= 11 is 0. The molecule has 0 radical (unpaired) electrons. The molecule has 0 saturated heterocycles. The first-order chi connectivity index (χ1) is 13.2. The molecule has 0 bridgehead atoms. The summed E-state index contributed by atoms with van der Waals surface area (Å²) in [6.45, 7) is 3.25. The third-order valence-electron chi connectivity index (χ3n) is 4.13. The van der Waals surface area contributed by atoms with Gasteiger partial charge in [0.25, 0.3) is 15.9 Å². The molecule has 1 N–H and O–H groups in total. The van der Waals surface area contributed by atoms with Gasteiger partial charge in [-0.3, -0.25) is 14.5 Å². The largest absolute Gasteiger partial charge is 0.454 e. The number of hydrogen-bond donors (Lipinski definition) is 1. The van der Waals surface area contributed by atoms with Crippen molar-refractivity contribution in [2.24, 2.45) is 10.9 Å². The molecule has 0 aliphatic carbocycles. The van der Waals surface area contributed by atoms with Crippen LogP contribution in [0.2, 0.25) is 0 Å². The number of nitrogens with zero attached hydrogens (tertiary/aromatic N) is 3. The minimum Gasteiger partial charge on any atom is -0.454 e. The van der Waals surface area contributed by atoms with E-state index in [1.54, 1.807) is 32.0 Å². The molecule has 28 heavy (non-hydrogen) atoms. The number of hydrogen-bond acceptors (Lipinski definition) is 7. The van der Waals surface area contributed by atoms with Gasteiger partial charge in [-0.25, -0.2) is 13.2 Å². The molecule has 0 spiro atoms. The maximum atomic E-state index is 12.5. The second-order valence-corrected chi connectivity index (χ2v) is 8.25. The van der Waals surface area contributed by atoms with Crippen LogP contribution < -0.4 is 4.72 Å². The molecule has 1 aromatic rings. The molecule has 2 rings (SSSR count). The number of sulfonamides is 1. The van der Waals surface area contributed by atoms with E-state index >= 15 is 0 Å². The van der Waals surface area contributed by atoms with Crippen LogP contribution in [0.15, 0.2) is 34.2 Å². The van der Waals surface area contributed by atoms with Crippen LogP contribution in [0, 0.1) is 17.2 Å². The fourth-order valence-electron chi connectivity index (χ4n) is 2.51. The molecule has 10 heteroatoms. The number of carbonyl (C=O) groups is 2. The number of aliphatic imine (C=N–C) groups is 1. The second-order valence-electron chi connectivity index (χ2n) is 6.60. The molecule has 0 aromatic heterocycles. The van der Waals surface area contributed by atoms with E-state index in [0.717, 1.165) is 0 Å². The van der Waals surface area contributed by atoms with Crippen LogP contribution >= 0.6 is 0 Å². The topological polar surface area (TPSA) is 129 Å². The lowest BCUT2D eigenvalue weighted by Gasteiger charge is -2.18. The zero-order valence-corrected chi connectivity index (χ0v) is 16.7. The highest BCUT2D eigenvalue weighted by Crippen LogP contribution is 2.23. The van der Waals surface area contributed by atoms with E-state index in [4.69, 9.17) is 10.00 Å². The van der Waals surface area contributed by atoms with Crippen molar-refractivity contribution >= 4 is 27.7 Å². The number of nitriles is 1. The number of fused-ring (bicyclic) bond motifs is 1. The van der Waals surface area contributed by atoms with E-state index in [2.05, 4.69) is 9.71 Å². The molecule has 0 unspecified atom stereocenters. The van der Waals surface area contributed by atoms with E-state index in [1.807, 2.05) is 6.07 Å². The molecule has 1 aliphatic heterocycles. The van der Waals surface area contributed by atoms with Gasteiger partial charge in [0, 0.05) is 19.2 Å². The van der Waals surface area contributed by atoms with Gasteiger partial charge < -0.3 is 9.64 Å². The smallest absolute Gasteiger partial charge is 0.331 e. The van der Waals surface area contributed by atoms with Crippen LogP contribution in [0.25, 0.3) is 0 Å². The Morgan fingerprint density at radius 2 is 2.00 bits per heavy atom. The van der Waals surface area contributed by atoms with E-state index in [9.17, 15) is 18.0 Å². The van der Waals surface area contributed by atoms with Crippen molar-refractivity contribution in [1.82, 2.24) is 9.62 Å². The van der Waals surface area contributed by atoms with Crippen LogP contribution in [0.1, 0.15) is 25.8 Å². The standard InChI is InChI=1S/C18H22N4O5S/c1-12(2)16(18(24)27-11-15(23)22(3)10-6-9-19)20-17-13-7-4-5-8-14(13)28(25,26)21-17/h4-5,7-8,12,16H,6,10-11H2,1-3H3,(H,20,21)/t16-/m0/s1. The Morgan fingerprint density at radius 3 is 2.64 bits per heavy atom. The number of amidine groups is 1. The highest BCUT2D eigenvalue weighted by molar-refractivity contribution is 7.90. The van der Waals surface area contributed by atoms with E-state index in [0.29, 0.717) is 5.56 Å². The third-order valence-corrected chi connectivity index (χ3v) is 5.52. The van der Waals surface area contributed by atoms with Crippen molar-refractivity contribution < 1.29 is 22.7 Å². The molecular formula is C18H22N4O5S. The SMILES string of the molecule is CC(C)[C@H](N=C1NS(=O)(=O)c2ccccc21)C(=O)OCC(=O)N(C)CCC#N. The molecule has 1 atom stereocenters. The van der Waals surface area contributed by atoms with Gasteiger partial charge in [0.15, 0.2) is 12.6 Å². The number of ether oxygens (including phenoxy) is 1. The molecule has 1 aliphatic rings. The van der Waals surface area contributed by atoms with Gasteiger partial charge in [-0.2, -0.15) is 5.26 Å². The number of benzene rings is 1. The maximum Gasteiger partial charge on any atom is 0.331 e. The Bertz CT molecular complexity index is 934. The molecule has 150 valence electrons. The predicted molar refractivity (Wildman–Crippen MR) is 101 cm³/mol. The maximum absolute atomic E-state index is 12.5. The minimum absolute atomic E-state index is 0.0729. The normalized spacial score (nSPS) is 16.8. The third kappa shape index (κ3) is 4.86. The Morgan fingerprint density at radius 1 is 1.32 bits per heavy atom. The zero-order chi connectivity index (χ0) is 20.9. The van der Waals surface area contributed by atoms with Crippen molar-refractivity contribution in [1.29, 1.82) is 5.26 Å². The number of carbonyl (C=O) groups excluding carboxylic acids is 2. The van der Waals surface area contributed by atoms with Gasteiger partial charge >= 0.3 is 5.97 Å². The molecule has 1 aromatic carbocycles. The van der Waals surface area contributed by atoms with Gasteiger partial charge in [0.2, 0.25) is 0 Å². The van der Waals surface area contributed by atoms with E-state index in [-0.39, 0.29) is 29.6 Å². The highest BCUT2D eigenvalue weighted by atomic mass is 32.2. The summed E-state index contributed by atoms with van der Waals surface area (Å²) in [5.74, 6) is -1.38. The van der Waals surface area contributed by atoms with Crippen molar-refractivity contribution in [2.75, 3.05) is 20.2 Å². The summed E-state index contributed by atoms with van der Waals surface area (Å²) in [6.07, 6.45) is 0.179. The molecular weight excluding hydrogens is 384 g/mol. The quantitative estimate of drug-likeness (QED) is 0.663. The first-order valence-electron chi connectivity index (χ1n) is 8.65. The fourth-order valence-corrected chi connectivity index (χ4v) is 3.75. The monoisotopic (exact) mass is 406 g/mol. The lowest BCUT2D eigenvalue weighted by Crippen LogP contribution is -2.36. The Kier molecular flexibility index (Phi) is 6.75. The number of esters is 1. The van der Waals surface area contributed by atoms with Crippen LogP contribution in [0.4, 0.5) is 0 Å². The average molecular weight is 406 g/mol. The lowest BCUT2D eigenvalue weighted by atomic mass is 10.1. The molecule has 1 heterocycles. The molecule has 0 fully saturated rings. The van der Waals surface area contributed by atoms with Crippen molar-refractivity contribution in [3.63, 3.8) is 0 Å². The number of amides is 1. The first-order valence-corrected chi connectivity index (χ1v) is 10.1. The lowest BCUT2D eigenvalue weighted by molar-refractivity contribution is -0.153. The first kappa shape index (κ1) is 21.4. The van der Waals surface area contributed by atoms with Gasteiger partial charge in [0.1, 0.15) is 5.84 Å². The molecule has 9 nitrogen and oxygen atoms in total. The van der Waals surface area contributed by atoms with Gasteiger partial charge in [-0.05, 0) is 18.1 Å². The number of rotatable bonds is 7. The summed E-state index contributed by atoms with van der Waals surface area (Å²) in [4.78, 5) is 30.1. The van der Waals surface area contributed by atoms with Crippen LogP contribution in [0.3, 0.4) is 0 Å². The van der Waals surface area contributed by atoms with E-state index in [1.165, 1.54) is 18.0 Å². The second kappa shape index (κ2) is 8.84. The summed E-state index contributed by atoms with van der Waals surface area (Å²) in [6, 6.07) is 7.28. The summed E-state index contributed by atoms with van der Waals surface area (Å²) in [7, 11) is -2.21. The van der Waals surface area contributed by atoms with Crippen molar-refractivity contribution in [2.45, 2.75) is 31.2 Å². The molecule has 1 amide bonds. The molecule has 0 saturated carbocycles. The van der Waals surface area contributed by atoms with Crippen LogP contribution in [-0.2, 0) is 24.3 Å². The average Bonchev–Trinajstić information content (AvgIpc) is 2.92. The predicted octanol–water partition coefficient (Wildman–Crippen LogP) is 0.665. The Labute approximate surface area is 164 Å². The minimum atomic E-state index is -3.72. The summed E-state index contributed by atoms with van der Waals surface area (Å²) in [5, 5.41) is 8.55. The zero-order valence-electron chi connectivity index (χ0n) is 15.9. The number of likely N-dealkylation sites (N-methyl/N-ethyl adjacent to an activating group) is 1. The van der Waals surface area contributed by atoms with Crippen molar-refractivity contribution in [3.8, 4) is 6.07 Å². The van der Waals surface area contributed by atoms with Crippen LogP contribution in [0.5, 0.6) is 0 Å². The summed E-state index contributed by atoms with van der Waals surface area (Å²) in [5.41, 5.74) is 0.383. The summed E-state index contributed by atoms with van der Waals surface area (Å²) < 4.78 is 31.8. The highest BCUT2D eigenvalue weighted by Gasteiger charge is 2.33. The van der Waals surface area contributed by atoms with Crippen molar-refractivity contribution in [3.05, 3.63) is 29.8 Å². The van der Waals surface area contributed by atoms with Gasteiger partial charge in [-0.15, -0.1) is 0 Å². The number of nitrogens with one attached hydrogen (secondary N) is 1. The van der Waals surface area contributed by atoms with Gasteiger partial charge in [0.05, 0.1) is 17.4 Å². The van der Waals surface area contributed by atoms with E-state index < -0.39 is 34.5 Å².